The molecule has 2 rings (SSSR count). The van der Waals surface area contributed by atoms with Crippen LogP contribution in [0.4, 0.5) is 0 Å². The Labute approximate surface area is 137 Å². The highest BCUT2D eigenvalue weighted by molar-refractivity contribution is 5.80. The van der Waals surface area contributed by atoms with Crippen molar-refractivity contribution in [3.05, 3.63) is 59.2 Å². The molecular formula is C19H23NO3. The van der Waals surface area contributed by atoms with Crippen molar-refractivity contribution < 1.29 is 14.3 Å². The molecule has 4 nitrogen and oxygen atoms in total. The summed E-state index contributed by atoms with van der Waals surface area (Å²) in [6.07, 6.45) is 0.247. The smallest absolute Gasteiger partial charge is 0.225 e. The molecule has 0 saturated carbocycles. The Morgan fingerprint density at radius 1 is 1.13 bits per heavy atom. The van der Waals surface area contributed by atoms with Gasteiger partial charge < -0.3 is 14.8 Å². The molecule has 1 N–H and O–H groups in total. The first-order valence-electron chi connectivity index (χ1n) is 7.61. The van der Waals surface area contributed by atoms with Gasteiger partial charge in [0.05, 0.1) is 26.7 Å². The second kappa shape index (κ2) is 7.68. The Bertz CT molecular complexity index is 682. The van der Waals surface area contributed by atoms with E-state index in [1.54, 1.807) is 14.2 Å². The molecule has 122 valence electrons. The zero-order chi connectivity index (χ0) is 16.8. The van der Waals surface area contributed by atoms with Gasteiger partial charge in [-0.15, -0.1) is 0 Å². The Kier molecular flexibility index (Phi) is 5.63. The van der Waals surface area contributed by atoms with Crippen LogP contribution in [0.5, 0.6) is 11.5 Å². The second-order valence-corrected chi connectivity index (χ2v) is 5.50. The molecule has 0 aliphatic carbocycles. The fourth-order valence-electron chi connectivity index (χ4n) is 2.64. The van der Waals surface area contributed by atoms with E-state index in [9.17, 15) is 4.79 Å². The SMILES string of the molecule is COc1ccc(OC)c(CC(=O)NC(C)c2ccccc2C)c1. The van der Waals surface area contributed by atoms with Crippen LogP contribution in [-0.4, -0.2) is 20.1 Å². The summed E-state index contributed by atoms with van der Waals surface area (Å²) >= 11 is 0. The Hall–Kier alpha value is -2.49. The molecule has 0 fully saturated rings. The predicted octanol–water partition coefficient (Wildman–Crippen LogP) is 3.43. The molecule has 1 amide bonds. The lowest BCUT2D eigenvalue weighted by Crippen LogP contribution is -2.28. The van der Waals surface area contributed by atoms with Crippen LogP contribution in [-0.2, 0) is 11.2 Å². The maximum absolute atomic E-state index is 12.4. The van der Waals surface area contributed by atoms with Gasteiger partial charge in [-0.3, -0.25) is 4.79 Å². The molecule has 0 radical (unpaired) electrons. The molecule has 2 aromatic rings. The number of hydrogen-bond acceptors (Lipinski definition) is 3. The average Bonchev–Trinajstić information content (AvgIpc) is 2.54. The summed E-state index contributed by atoms with van der Waals surface area (Å²) in [4.78, 5) is 12.4. The molecule has 0 aliphatic rings. The van der Waals surface area contributed by atoms with Gasteiger partial charge in [0.15, 0.2) is 0 Å². The highest BCUT2D eigenvalue weighted by Gasteiger charge is 2.14. The fourth-order valence-corrected chi connectivity index (χ4v) is 2.64. The molecule has 0 heterocycles. The summed E-state index contributed by atoms with van der Waals surface area (Å²) in [5.74, 6) is 1.34. The number of nitrogens with one attached hydrogen (secondary N) is 1. The third-order valence-corrected chi connectivity index (χ3v) is 3.87. The summed E-state index contributed by atoms with van der Waals surface area (Å²) < 4.78 is 10.5. The minimum atomic E-state index is -0.0488. The topological polar surface area (TPSA) is 47.6 Å². The lowest BCUT2D eigenvalue weighted by Gasteiger charge is -2.17. The monoisotopic (exact) mass is 313 g/mol. The van der Waals surface area contributed by atoms with Gasteiger partial charge in [-0.05, 0) is 43.2 Å². The number of carbonyl (C=O) groups is 1. The number of amides is 1. The molecule has 1 unspecified atom stereocenters. The second-order valence-electron chi connectivity index (χ2n) is 5.50. The van der Waals surface area contributed by atoms with Gasteiger partial charge in [0.2, 0.25) is 5.91 Å². The van der Waals surface area contributed by atoms with Crippen molar-refractivity contribution in [1.29, 1.82) is 0 Å². The molecule has 0 saturated heterocycles. The standard InChI is InChI=1S/C19H23NO3/c1-13-7-5-6-8-17(13)14(2)20-19(21)12-15-11-16(22-3)9-10-18(15)23-4/h5-11,14H,12H2,1-4H3,(H,20,21). The first-order valence-corrected chi connectivity index (χ1v) is 7.61. The Balaban J connectivity index is 2.09. The summed E-state index contributed by atoms with van der Waals surface area (Å²) in [7, 11) is 3.20. The molecule has 4 heteroatoms. The van der Waals surface area contributed by atoms with Crippen LogP contribution in [0, 0.1) is 6.92 Å². The van der Waals surface area contributed by atoms with E-state index in [4.69, 9.17) is 9.47 Å². The van der Waals surface area contributed by atoms with E-state index in [1.165, 1.54) is 5.56 Å². The van der Waals surface area contributed by atoms with Crippen LogP contribution >= 0.6 is 0 Å². The fraction of sp³-hybridized carbons (Fsp3) is 0.316. The molecular weight excluding hydrogens is 290 g/mol. The first kappa shape index (κ1) is 16.9. The van der Waals surface area contributed by atoms with Crippen LogP contribution in [0.3, 0.4) is 0 Å². The summed E-state index contributed by atoms with van der Waals surface area (Å²) in [5.41, 5.74) is 3.10. The van der Waals surface area contributed by atoms with E-state index in [0.29, 0.717) is 11.5 Å². The summed E-state index contributed by atoms with van der Waals surface area (Å²) in [5, 5.41) is 3.04. The van der Waals surface area contributed by atoms with Crippen LogP contribution in [0.1, 0.15) is 29.7 Å². The van der Waals surface area contributed by atoms with Crippen molar-refractivity contribution in [3.63, 3.8) is 0 Å². The van der Waals surface area contributed by atoms with E-state index in [-0.39, 0.29) is 18.4 Å². The molecule has 0 bridgehead atoms. The molecule has 0 aromatic heterocycles. The zero-order valence-electron chi connectivity index (χ0n) is 14.1. The van der Waals surface area contributed by atoms with Gasteiger partial charge in [0, 0.05) is 5.56 Å². The first-order chi connectivity index (χ1) is 11.0. The maximum Gasteiger partial charge on any atom is 0.225 e. The number of hydrogen-bond donors (Lipinski definition) is 1. The molecule has 23 heavy (non-hydrogen) atoms. The van der Waals surface area contributed by atoms with Gasteiger partial charge in [0.25, 0.3) is 0 Å². The predicted molar refractivity (Wildman–Crippen MR) is 91.0 cm³/mol. The Morgan fingerprint density at radius 2 is 1.87 bits per heavy atom. The van der Waals surface area contributed by atoms with Crippen molar-refractivity contribution in [2.45, 2.75) is 26.3 Å². The number of benzene rings is 2. The van der Waals surface area contributed by atoms with Gasteiger partial charge in [-0.25, -0.2) is 0 Å². The lowest BCUT2D eigenvalue weighted by atomic mass is 10.0. The minimum absolute atomic E-state index is 0.0414. The highest BCUT2D eigenvalue weighted by atomic mass is 16.5. The third kappa shape index (κ3) is 4.25. The maximum atomic E-state index is 12.4. The van der Waals surface area contributed by atoms with Crippen LogP contribution in [0.15, 0.2) is 42.5 Å². The van der Waals surface area contributed by atoms with Crippen molar-refractivity contribution in [2.75, 3.05) is 14.2 Å². The van der Waals surface area contributed by atoms with Crippen molar-refractivity contribution in [2.24, 2.45) is 0 Å². The lowest BCUT2D eigenvalue weighted by molar-refractivity contribution is -0.121. The minimum Gasteiger partial charge on any atom is -0.497 e. The van der Waals surface area contributed by atoms with Gasteiger partial charge in [-0.2, -0.15) is 0 Å². The van der Waals surface area contributed by atoms with E-state index in [1.807, 2.05) is 56.3 Å². The number of ether oxygens (including phenoxy) is 2. The normalized spacial score (nSPS) is 11.7. The largest absolute Gasteiger partial charge is 0.497 e. The van der Waals surface area contributed by atoms with Crippen LogP contribution in [0.2, 0.25) is 0 Å². The number of carbonyl (C=O) groups excluding carboxylic acids is 1. The quantitative estimate of drug-likeness (QED) is 0.889. The molecule has 1 atom stereocenters. The molecule has 2 aromatic carbocycles. The van der Waals surface area contributed by atoms with Crippen molar-refractivity contribution in [3.8, 4) is 11.5 Å². The van der Waals surface area contributed by atoms with E-state index in [2.05, 4.69) is 5.32 Å². The number of rotatable bonds is 6. The Morgan fingerprint density at radius 3 is 2.52 bits per heavy atom. The van der Waals surface area contributed by atoms with Crippen molar-refractivity contribution in [1.82, 2.24) is 5.32 Å². The molecule has 0 aliphatic heterocycles. The highest BCUT2D eigenvalue weighted by Crippen LogP contribution is 2.25. The van der Waals surface area contributed by atoms with Crippen LogP contribution in [0.25, 0.3) is 0 Å². The summed E-state index contributed by atoms with van der Waals surface area (Å²) in [6, 6.07) is 13.5. The van der Waals surface area contributed by atoms with Crippen molar-refractivity contribution >= 4 is 5.91 Å². The average molecular weight is 313 g/mol. The van der Waals surface area contributed by atoms with Gasteiger partial charge in [0.1, 0.15) is 11.5 Å². The summed E-state index contributed by atoms with van der Waals surface area (Å²) in [6.45, 7) is 4.03. The molecule has 0 spiro atoms. The van der Waals surface area contributed by atoms with Gasteiger partial charge >= 0.3 is 0 Å². The van der Waals surface area contributed by atoms with E-state index in [0.717, 1.165) is 11.1 Å². The van der Waals surface area contributed by atoms with E-state index >= 15 is 0 Å². The number of aryl methyl sites for hydroxylation is 1. The zero-order valence-corrected chi connectivity index (χ0v) is 14.1. The third-order valence-electron chi connectivity index (χ3n) is 3.87. The number of methoxy groups -OCH3 is 2. The van der Waals surface area contributed by atoms with E-state index < -0.39 is 0 Å². The van der Waals surface area contributed by atoms with Gasteiger partial charge in [-0.1, -0.05) is 24.3 Å². The van der Waals surface area contributed by atoms with Crippen LogP contribution < -0.4 is 14.8 Å².